The molecule has 0 amide bonds. The molecule has 4 nitrogen and oxygen atoms in total. The Kier molecular flexibility index (Phi) is 6.70. The summed E-state index contributed by atoms with van der Waals surface area (Å²) >= 11 is 11.4. The zero-order valence-electron chi connectivity index (χ0n) is 13.9. The van der Waals surface area contributed by atoms with Gasteiger partial charge in [-0.05, 0) is 62.0 Å². The van der Waals surface area contributed by atoms with Crippen LogP contribution < -0.4 is 20.1 Å². The molecule has 2 aromatic carbocycles. The van der Waals surface area contributed by atoms with Gasteiger partial charge in [-0.3, -0.25) is 0 Å². The van der Waals surface area contributed by atoms with E-state index in [0.717, 1.165) is 17.0 Å². The fourth-order valence-electron chi connectivity index (χ4n) is 2.10. The maximum Gasteiger partial charge on any atom is 0.171 e. The van der Waals surface area contributed by atoms with Gasteiger partial charge in [0.15, 0.2) is 5.11 Å². The minimum Gasteiger partial charge on any atom is -0.495 e. The molecule has 0 spiro atoms. The summed E-state index contributed by atoms with van der Waals surface area (Å²) in [5.41, 5.74) is 1.89. The molecule has 0 fully saturated rings. The van der Waals surface area contributed by atoms with Gasteiger partial charge in [0.1, 0.15) is 11.5 Å². The first kappa shape index (κ1) is 18.4. The number of hydrogen-bond acceptors (Lipinski definition) is 3. The topological polar surface area (TPSA) is 42.5 Å². The molecule has 0 unspecified atom stereocenters. The van der Waals surface area contributed by atoms with Gasteiger partial charge in [-0.25, -0.2) is 0 Å². The van der Waals surface area contributed by atoms with Crippen molar-refractivity contribution in [2.45, 2.75) is 26.5 Å². The predicted octanol–water partition coefficient (Wildman–Crippen LogP) is 4.62. The summed E-state index contributed by atoms with van der Waals surface area (Å²) in [7, 11) is 1.58. The number of hydrogen-bond donors (Lipinski definition) is 2. The molecule has 0 heterocycles. The molecule has 0 aliphatic rings. The van der Waals surface area contributed by atoms with Crippen molar-refractivity contribution >= 4 is 34.6 Å². The van der Waals surface area contributed by atoms with E-state index < -0.39 is 0 Å². The number of ether oxygens (including phenoxy) is 2. The molecule has 0 aliphatic carbocycles. The summed E-state index contributed by atoms with van der Waals surface area (Å²) in [4.78, 5) is 0. The lowest BCUT2D eigenvalue weighted by Crippen LogP contribution is -2.27. The van der Waals surface area contributed by atoms with Crippen LogP contribution in [0.5, 0.6) is 11.5 Å². The van der Waals surface area contributed by atoms with Crippen LogP contribution in [0.25, 0.3) is 0 Å². The van der Waals surface area contributed by atoms with Gasteiger partial charge >= 0.3 is 0 Å². The highest BCUT2D eigenvalue weighted by Crippen LogP contribution is 2.27. The third-order valence-corrected chi connectivity index (χ3v) is 3.67. The first-order valence-corrected chi connectivity index (χ1v) is 8.40. The van der Waals surface area contributed by atoms with Gasteiger partial charge < -0.3 is 20.1 Å². The maximum absolute atomic E-state index is 6.10. The zero-order valence-corrected chi connectivity index (χ0v) is 15.5. The number of benzene rings is 2. The summed E-state index contributed by atoms with van der Waals surface area (Å²) in [6, 6.07) is 13.3. The van der Waals surface area contributed by atoms with Crippen molar-refractivity contribution in [2.75, 3.05) is 12.4 Å². The summed E-state index contributed by atoms with van der Waals surface area (Å²) < 4.78 is 10.8. The Morgan fingerprint density at radius 3 is 2.67 bits per heavy atom. The number of rotatable bonds is 6. The molecule has 24 heavy (non-hydrogen) atoms. The number of methoxy groups -OCH3 is 1. The van der Waals surface area contributed by atoms with Crippen LogP contribution in [0.3, 0.4) is 0 Å². The van der Waals surface area contributed by atoms with Crippen molar-refractivity contribution in [2.24, 2.45) is 0 Å². The predicted molar refractivity (Wildman–Crippen MR) is 103 cm³/mol. The first-order chi connectivity index (χ1) is 11.5. The molecule has 6 heteroatoms. The minimum absolute atomic E-state index is 0.149. The Bertz CT molecular complexity index is 707. The average molecular weight is 365 g/mol. The monoisotopic (exact) mass is 364 g/mol. The number of thiocarbonyl (C=S) groups is 1. The molecule has 0 atom stereocenters. The standard InChI is InChI=1S/C18H21ClN2O2S/c1-12(2)23-15-6-4-5-13(9-15)11-20-18(24)21-14-7-8-17(22-3)16(19)10-14/h4-10,12H,11H2,1-3H3,(H2,20,21,24). The Labute approximate surface area is 153 Å². The normalized spacial score (nSPS) is 10.4. The van der Waals surface area contributed by atoms with E-state index >= 15 is 0 Å². The highest BCUT2D eigenvalue weighted by Gasteiger charge is 2.04. The van der Waals surface area contributed by atoms with Gasteiger partial charge in [0.2, 0.25) is 0 Å². The van der Waals surface area contributed by atoms with Gasteiger partial charge in [0, 0.05) is 12.2 Å². The third kappa shape index (κ3) is 5.58. The molecular weight excluding hydrogens is 344 g/mol. The van der Waals surface area contributed by atoms with Gasteiger partial charge in [-0.15, -0.1) is 0 Å². The fraction of sp³-hybridized carbons (Fsp3) is 0.278. The van der Waals surface area contributed by atoms with Crippen LogP contribution in [0.4, 0.5) is 5.69 Å². The molecule has 2 N–H and O–H groups in total. The van der Waals surface area contributed by atoms with Crippen molar-refractivity contribution < 1.29 is 9.47 Å². The second kappa shape index (κ2) is 8.76. The van der Waals surface area contributed by atoms with E-state index in [0.29, 0.717) is 22.4 Å². The van der Waals surface area contributed by atoms with Crippen molar-refractivity contribution in [3.05, 3.63) is 53.1 Å². The number of nitrogens with one attached hydrogen (secondary N) is 2. The molecule has 2 aromatic rings. The second-order valence-corrected chi connectivity index (χ2v) is 6.29. The highest BCUT2D eigenvalue weighted by molar-refractivity contribution is 7.80. The Balaban J connectivity index is 1.90. The lowest BCUT2D eigenvalue weighted by atomic mass is 10.2. The van der Waals surface area contributed by atoms with Crippen LogP contribution in [0.1, 0.15) is 19.4 Å². The van der Waals surface area contributed by atoms with Crippen LogP contribution in [0.15, 0.2) is 42.5 Å². The molecule has 0 aromatic heterocycles. The molecular formula is C18H21ClN2O2S. The van der Waals surface area contributed by atoms with Crippen LogP contribution in [0, 0.1) is 0 Å². The van der Waals surface area contributed by atoms with E-state index in [4.69, 9.17) is 33.3 Å². The van der Waals surface area contributed by atoms with Crippen LogP contribution in [0.2, 0.25) is 5.02 Å². The van der Waals surface area contributed by atoms with Gasteiger partial charge in [-0.1, -0.05) is 23.7 Å². The fourth-order valence-corrected chi connectivity index (χ4v) is 2.55. The van der Waals surface area contributed by atoms with Crippen molar-refractivity contribution in [1.82, 2.24) is 5.32 Å². The summed E-state index contributed by atoms with van der Waals surface area (Å²) in [6.07, 6.45) is 0.149. The van der Waals surface area contributed by atoms with E-state index in [9.17, 15) is 0 Å². The third-order valence-electron chi connectivity index (χ3n) is 3.13. The summed E-state index contributed by atoms with van der Waals surface area (Å²) in [5, 5.41) is 7.32. The van der Waals surface area contributed by atoms with Crippen molar-refractivity contribution in [3.8, 4) is 11.5 Å². The molecule has 0 saturated carbocycles. The largest absolute Gasteiger partial charge is 0.495 e. The minimum atomic E-state index is 0.149. The van der Waals surface area contributed by atoms with Gasteiger partial charge in [0.25, 0.3) is 0 Å². The molecule has 0 saturated heterocycles. The molecule has 2 rings (SSSR count). The van der Waals surface area contributed by atoms with E-state index in [2.05, 4.69) is 10.6 Å². The Morgan fingerprint density at radius 1 is 1.21 bits per heavy atom. The Hall–Kier alpha value is -1.98. The average Bonchev–Trinajstić information content (AvgIpc) is 2.53. The maximum atomic E-state index is 6.10. The van der Waals surface area contributed by atoms with E-state index in [1.165, 1.54) is 0 Å². The van der Waals surface area contributed by atoms with Crippen molar-refractivity contribution in [1.29, 1.82) is 0 Å². The van der Waals surface area contributed by atoms with Gasteiger partial charge in [-0.2, -0.15) is 0 Å². The molecule has 0 radical (unpaired) electrons. The molecule has 0 aliphatic heterocycles. The molecule has 0 bridgehead atoms. The second-order valence-electron chi connectivity index (χ2n) is 5.47. The lowest BCUT2D eigenvalue weighted by molar-refractivity contribution is 0.242. The van der Waals surface area contributed by atoms with Crippen LogP contribution in [-0.2, 0) is 6.54 Å². The Morgan fingerprint density at radius 2 is 2.00 bits per heavy atom. The SMILES string of the molecule is COc1ccc(NC(=S)NCc2cccc(OC(C)C)c2)cc1Cl. The van der Waals surface area contributed by atoms with Gasteiger partial charge in [0.05, 0.1) is 18.2 Å². The smallest absolute Gasteiger partial charge is 0.171 e. The van der Waals surface area contributed by atoms with Crippen molar-refractivity contribution in [3.63, 3.8) is 0 Å². The summed E-state index contributed by atoms with van der Waals surface area (Å²) in [5.74, 6) is 1.48. The lowest BCUT2D eigenvalue weighted by Gasteiger charge is -2.13. The van der Waals surface area contributed by atoms with Crippen LogP contribution in [-0.4, -0.2) is 18.3 Å². The van der Waals surface area contributed by atoms with E-state index in [1.54, 1.807) is 19.2 Å². The highest BCUT2D eigenvalue weighted by atomic mass is 35.5. The van der Waals surface area contributed by atoms with Crippen LogP contribution >= 0.6 is 23.8 Å². The number of anilines is 1. The van der Waals surface area contributed by atoms with E-state index in [-0.39, 0.29) is 6.10 Å². The first-order valence-electron chi connectivity index (χ1n) is 7.62. The number of halogens is 1. The quantitative estimate of drug-likeness (QED) is 0.732. The summed E-state index contributed by atoms with van der Waals surface area (Å²) in [6.45, 7) is 4.61. The molecule has 128 valence electrons. The zero-order chi connectivity index (χ0) is 17.5. The van der Waals surface area contributed by atoms with E-state index in [1.807, 2.05) is 44.2 Å².